The monoisotopic (exact) mass is 553 g/mol. The lowest BCUT2D eigenvalue weighted by atomic mass is 9.89. The Morgan fingerprint density at radius 1 is 0.750 bits per heavy atom. The summed E-state index contributed by atoms with van der Waals surface area (Å²) in [6, 6.07) is 22.1. The van der Waals surface area contributed by atoms with Crippen LogP contribution in [0.25, 0.3) is 10.9 Å². The minimum Gasteiger partial charge on any atom is -0.388 e. The SMILES string of the molecule is O=c1c2ccccc2nc(C(F)(F)F)n1N1[C@@H]2[C@H](O)[C@@H](O)[C@H](OCc3ccccc3)[C@@H](OCc3ccccc3)[C@@H]21. The molecule has 6 rings (SSSR count). The van der Waals surface area contributed by atoms with E-state index in [0.29, 0.717) is 4.68 Å². The van der Waals surface area contributed by atoms with Crippen LogP contribution in [0, 0.1) is 0 Å². The minimum atomic E-state index is -4.97. The van der Waals surface area contributed by atoms with E-state index in [1.807, 2.05) is 60.7 Å². The number of halogens is 3. The predicted octanol–water partition coefficient (Wildman–Crippen LogP) is 3.01. The van der Waals surface area contributed by atoms with Gasteiger partial charge in [-0.15, -0.1) is 0 Å². The van der Waals surface area contributed by atoms with E-state index < -0.39 is 54.1 Å². The van der Waals surface area contributed by atoms with Crippen LogP contribution >= 0.6 is 0 Å². The molecule has 2 N–H and O–H groups in total. The number of aromatic nitrogens is 2. The second-order valence-electron chi connectivity index (χ2n) is 9.93. The van der Waals surface area contributed by atoms with E-state index in [0.717, 1.165) is 16.1 Å². The molecule has 2 aliphatic rings. The fraction of sp³-hybridized carbons (Fsp3) is 0.310. The van der Waals surface area contributed by atoms with Gasteiger partial charge >= 0.3 is 6.18 Å². The Kier molecular flexibility index (Phi) is 6.83. The largest absolute Gasteiger partial charge is 0.451 e. The van der Waals surface area contributed by atoms with Gasteiger partial charge in [-0.05, 0) is 23.3 Å². The van der Waals surface area contributed by atoms with Crippen molar-refractivity contribution in [2.45, 2.75) is 55.9 Å². The maximum absolute atomic E-state index is 14.2. The van der Waals surface area contributed by atoms with Crippen molar-refractivity contribution >= 4 is 10.9 Å². The van der Waals surface area contributed by atoms with Crippen molar-refractivity contribution in [1.82, 2.24) is 9.66 Å². The molecule has 0 radical (unpaired) electrons. The number of benzene rings is 3. The molecular formula is C29H26F3N3O5. The summed E-state index contributed by atoms with van der Waals surface area (Å²) in [6.07, 6.45) is -10.0. The van der Waals surface area contributed by atoms with Gasteiger partial charge in [0.2, 0.25) is 5.82 Å². The summed E-state index contributed by atoms with van der Waals surface area (Å²) in [7, 11) is 0. The maximum Gasteiger partial charge on any atom is 0.451 e. The van der Waals surface area contributed by atoms with Crippen LogP contribution in [0.2, 0.25) is 0 Å². The Bertz CT molecular complexity index is 1550. The van der Waals surface area contributed by atoms with Crippen LogP contribution in [0.5, 0.6) is 0 Å². The molecule has 1 saturated heterocycles. The van der Waals surface area contributed by atoms with E-state index in [1.54, 1.807) is 0 Å². The van der Waals surface area contributed by atoms with Gasteiger partial charge in [0.1, 0.15) is 24.4 Å². The number of hydrogen-bond donors (Lipinski definition) is 2. The number of aliphatic hydroxyl groups excluding tert-OH is 2. The summed E-state index contributed by atoms with van der Waals surface area (Å²) in [6.45, 7) is 0.150. The molecule has 0 unspecified atom stereocenters. The molecule has 1 aliphatic heterocycles. The summed E-state index contributed by atoms with van der Waals surface area (Å²) in [5.41, 5.74) is 0.573. The van der Waals surface area contributed by atoms with Crippen molar-refractivity contribution < 1.29 is 32.9 Å². The van der Waals surface area contributed by atoms with Crippen molar-refractivity contribution in [2.75, 3.05) is 5.01 Å². The van der Waals surface area contributed by atoms with Gasteiger partial charge in [-0.2, -0.15) is 17.8 Å². The quantitative estimate of drug-likeness (QED) is 0.340. The summed E-state index contributed by atoms with van der Waals surface area (Å²) in [5.74, 6) is -1.42. The Morgan fingerprint density at radius 3 is 1.90 bits per heavy atom. The molecule has 3 aromatic carbocycles. The number of rotatable bonds is 7. The lowest BCUT2D eigenvalue weighted by Crippen LogP contribution is -2.55. The third-order valence-corrected chi connectivity index (χ3v) is 7.38. The number of alkyl halides is 3. The summed E-state index contributed by atoms with van der Waals surface area (Å²) < 4.78 is 55.4. The van der Waals surface area contributed by atoms with Crippen molar-refractivity contribution in [2.24, 2.45) is 0 Å². The summed E-state index contributed by atoms with van der Waals surface area (Å²) in [5, 5.41) is 23.3. The zero-order valence-electron chi connectivity index (χ0n) is 21.1. The summed E-state index contributed by atoms with van der Waals surface area (Å²) in [4.78, 5) is 17.2. The highest BCUT2D eigenvalue weighted by atomic mass is 19.4. The highest BCUT2D eigenvalue weighted by Crippen LogP contribution is 2.43. The van der Waals surface area contributed by atoms with Crippen LogP contribution in [0.1, 0.15) is 17.0 Å². The van der Waals surface area contributed by atoms with Crippen LogP contribution < -0.4 is 10.6 Å². The average Bonchev–Trinajstić information content (AvgIpc) is 3.69. The molecule has 1 aromatic heterocycles. The summed E-state index contributed by atoms with van der Waals surface area (Å²) >= 11 is 0. The Balaban J connectivity index is 1.40. The number of aliphatic hydroxyl groups is 2. The standard InChI is InChI=1S/C29H26F3N3O5/c30-29(31,32)28-33-20-14-8-7-13-19(20)27(38)35(28)34-21-22(34)25(39-15-17-9-3-1-4-10-17)26(24(37)23(21)36)40-16-18-11-5-2-6-12-18/h1-14,21-26,36-37H,15-16H2/t21-,22+,23-,24+,25-,26-,34?/m0/s1. The maximum atomic E-state index is 14.2. The second-order valence-corrected chi connectivity index (χ2v) is 9.93. The smallest absolute Gasteiger partial charge is 0.388 e. The molecule has 208 valence electrons. The van der Waals surface area contributed by atoms with E-state index in [4.69, 9.17) is 9.47 Å². The fourth-order valence-corrected chi connectivity index (χ4v) is 5.45. The zero-order valence-corrected chi connectivity index (χ0v) is 21.1. The number of nitrogens with zero attached hydrogens (tertiary/aromatic N) is 3. The minimum absolute atomic E-state index is 0.00665. The number of ether oxygens (including phenoxy) is 2. The molecule has 8 nitrogen and oxygen atoms in total. The van der Waals surface area contributed by atoms with Gasteiger partial charge in [0.05, 0.1) is 36.2 Å². The molecule has 1 aliphatic carbocycles. The van der Waals surface area contributed by atoms with E-state index in [9.17, 15) is 28.2 Å². The van der Waals surface area contributed by atoms with E-state index in [-0.39, 0.29) is 24.1 Å². The zero-order chi connectivity index (χ0) is 28.0. The van der Waals surface area contributed by atoms with Crippen LogP contribution in [0.3, 0.4) is 0 Å². The third-order valence-electron chi connectivity index (χ3n) is 7.38. The van der Waals surface area contributed by atoms with Gasteiger partial charge in [-0.25, -0.2) is 4.98 Å². The normalized spacial score (nSPS) is 26.1. The first-order chi connectivity index (χ1) is 19.3. The van der Waals surface area contributed by atoms with Crippen molar-refractivity contribution in [3.05, 3.63) is 112 Å². The van der Waals surface area contributed by atoms with E-state index in [1.165, 1.54) is 24.3 Å². The van der Waals surface area contributed by atoms with E-state index >= 15 is 0 Å². The molecule has 1 saturated carbocycles. The van der Waals surface area contributed by atoms with Crippen LogP contribution in [0.4, 0.5) is 13.2 Å². The molecule has 2 fully saturated rings. The average molecular weight is 554 g/mol. The highest BCUT2D eigenvalue weighted by molar-refractivity contribution is 5.77. The molecular weight excluding hydrogens is 527 g/mol. The van der Waals surface area contributed by atoms with Crippen LogP contribution in [-0.4, -0.2) is 56.4 Å². The molecule has 0 amide bonds. The van der Waals surface area contributed by atoms with Gasteiger partial charge in [0, 0.05) is 0 Å². The van der Waals surface area contributed by atoms with Gasteiger partial charge < -0.3 is 19.7 Å². The molecule has 0 bridgehead atoms. The Labute approximate surface area is 226 Å². The Hall–Kier alpha value is -3.77. The first-order valence-corrected chi connectivity index (χ1v) is 12.8. The van der Waals surface area contributed by atoms with Crippen molar-refractivity contribution in [3.8, 4) is 0 Å². The highest BCUT2D eigenvalue weighted by Gasteiger charge is 2.67. The fourth-order valence-electron chi connectivity index (χ4n) is 5.45. The van der Waals surface area contributed by atoms with Crippen molar-refractivity contribution in [3.63, 3.8) is 0 Å². The first kappa shape index (κ1) is 26.5. The molecule has 4 aromatic rings. The molecule has 40 heavy (non-hydrogen) atoms. The molecule has 2 heterocycles. The predicted molar refractivity (Wildman–Crippen MR) is 139 cm³/mol. The Morgan fingerprint density at radius 2 is 1.30 bits per heavy atom. The van der Waals surface area contributed by atoms with Gasteiger partial charge in [-0.3, -0.25) is 9.80 Å². The molecule has 0 spiro atoms. The van der Waals surface area contributed by atoms with Crippen LogP contribution in [0.15, 0.2) is 89.7 Å². The lowest BCUT2D eigenvalue weighted by Gasteiger charge is -2.35. The van der Waals surface area contributed by atoms with Crippen LogP contribution in [-0.2, 0) is 28.9 Å². The second kappa shape index (κ2) is 10.3. The number of hydrogen-bond acceptors (Lipinski definition) is 7. The lowest BCUT2D eigenvalue weighted by molar-refractivity contribution is -0.171. The number of para-hydroxylation sites is 1. The van der Waals surface area contributed by atoms with Gasteiger partial charge in [-0.1, -0.05) is 72.8 Å². The van der Waals surface area contributed by atoms with Gasteiger partial charge in [0.25, 0.3) is 5.56 Å². The molecule has 6 atom stereocenters. The first-order valence-electron chi connectivity index (χ1n) is 12.8. The van der Waals surface area contributed by atoms with E-state index in [2.05, 4.69) is 4.98 Å². The molecule has 11 heteroatoms. The topological polar surface area (TPSA) is 96.8 Å². The number of fused-ring (bicyclic) bond motifs is 2. The van der Waals surface area contributed by atoms with Gasteiger partial charge in [0.15, 0.2) is 0 Å². The third kappa shape index (κ3) is 4.75. The van der Waals surface area contributed by atoms with Crippen molar-refractivity contribution in [1.29, 1.82) is 0 Å².